The average molecular weight is 512 g/mol. The highest BCUT2D eigenvalue weighted by molar-refractivity contribution is 6.11. The molecule has 8 rings (SSSR count). The van der Waals surface area contributed by atoms with Gasteiger partial charge in [-0.3, -0.25) is 49.6 Å². The topological polar surface area (TPSA) is 159 Å². The van der Waals surface area contributed by atoms with Crippen LogP contribution in [0.3, 0.4) is 0 Å². The molecular formula is C26H20N6O6. The standard InChI is InChI=1S/C26H20N6O6/c33-21(11-3-7-27-8-4-11)29-31-23(35)17-13-1-2-14(18(17)24(31)36)16-15(13)19-20(16)26(38)32(25(19)37)30-22(34)12-5-9-28-10-6-12/h1-10,13-20H,(H,29,33)(H,30,34)/t13-,14-,15-,16-,17-,18+,19-,20-/m1/s1. The lowest BCUT2D eigenvalue weighted by Gasteiger charge is -2.60. The number of hydrazine groups is 2. The Balaban J connectivity index is 1.13. The Labute approximate surface area is 215 Å². The molecule has 12 heteroatoms. The Kier molecular flexibility index (Phi) is 4.66. The highest BCUT2D eigenvalue weighted by Gasteiger charge is 2.75. The maximum absolute atomic E-state index is 13.4. The Bertz CT molecular complexity index is 1410. The van der Waals surface area contributed by atoms with Gasteiger partial charge in [-0.15, -0.1) is 0 Å². The van der Waals surface area contributed by atoms with Crippen LogP contribution in [-0.2, 0) is 19.2 Å². The molecule has 0 aromatic carbocycles. The number of aromatic nitrogens is 2. The lowest BCUT2D eigenvalue weighted by Crippen LogP contribution is -2.63. The van der Waals surface area contributed by atoms with Crippen molar-refractivity contribution < 1.29 is 28.8 Å². The molecule has 4 fully saturated rings. The summed E-state index contributed by atoms with van der Waals surface area (Å²) in [7, 11) is 0. The Morgan fingerprint density at radius 2 is 0.921 bits per heavy atom. The van der Waals surface area contributed by atoms with Crippen molar-refractivity contribution in [3.8, 4) is 0 Å². The summed E-state index contributed by atoms with van der Waals surface area (Å²) in [5.41, 5.74) is 5.34. The summed E-state index contributed by atoms with van der Waals surface area (Å²) >= 11 is 0. The molecule has 2 bridgehead atoms. The van der Waals surface area contributed by atoms with Crippen molar-refractivity contribution in [1.82, 2.24) is 30.8 Å². The zero-order valence-corrected chi connectivity index (χ0v) is 19.6. The maximum atomic E-state index is 13.4. The predicted molar refractivity (Wildman–Crippen MR) is 124 cm³/mol. The molecule has 2 saturated carbocycles. The molecule has 0 radical (unpaired) electrons. The van der Waals surface area contributed by atoms with E-state index in [1.807, 2.05) is 12.2 Å². The number of rotatable bonds is 4. The fourth-order valence-electron chi connectivity index (χ4n) is 7.16. The van der Waals surface area contributed by atoms with Crippen LogP contribution in [0.25, 0.3) is 0 Å². The second-order valence-corrected chi connectivity index (χ2v) is 10.2. The van der Waals surface area contributed by atoms with E-state index in [1.165, 1.54) is 49.1 Å². The van der Waals surface area contributed by atoms with Gasteiger partial charge in [0.15, 0.2) is 0 Å². The van der Waals surface area contributed by atoms with E-state index in [0.717, 1.165) is 10.0 Å². The molecule has 2 aromatic rings. The molecule has 0 unspecified atom stereocenters. The van der Waals surface area contributed by atoms with Gasteiger partial charge >= 0.3 is 0 Å². The van der Waals surface area contributed by atoms with Gasteiger partial charge in [0.1, 0.15) is 0 Å². The van der Waals surface area contributed by atoms with Crippen molar-refractivity contribution in [2.75, 3.05) is 0 Å². The van der Waals surface area contributed by atoms with Crippen LogP contribution in [0, 0.1) is 47.3 Å². The molecule has 2 saturated heterocycles. The zero-order valence-electron chi connectivity index (χ0n) is 19.6. The number of fused-ring (bicyclic) bond motifs is 1. The van der Waals surface area contributed by atoms with Gasteiger partial charge in [-0.2, -0.15) is 10.0 Å². The van der Waals surface area contributed by atoms with E-state index in [0.29, 0.717) is 0 Å². The molecule has 6 amide bonds. The molecule has 0 spiro atoms. The molecule has 6 aliphatic rings. The number of hydrogen-bond acceptors (Lipinski definition) is 8. The van der Waals surface area contributed by atoms with Crippen molar-refractivity contribution in [2.45, 2.75) is 0 Å². The summed E-state index contributed by atoms with van der Waals surface area (Å²) in [5.74, 6) is -7.66. The summed E-state index contributed by atoms with van der Waals surface area (Å²) < 4.78 is 0. The van der Waals surface area contributed by atoms with E-state index in [9.17, 15) is 28.8 Å². The SMILES string of the molecule is O=C(NN1C(=O)[C@@H]2[C@@H]3C=C[C@@H]([C@@H]2C1=O)[C@H]1[C@H]2C(=O)N(NC(=O)c4ccncc4)C(=O)[C@@H]2[C@H]31)c1ccncc1. The minimum atomic E-state index is -0.735. The van der Waals surface area contributed by atoms with Crippen LogP contribution in [-0.4, -0.2) is 55.4 Å². The zero-order chi connectivity index (χ0) is 26.3. The summed E-state index contributed by atoms with van der Waals surface area (Å²) in [4.78, 5) is 86.4. The number of imide groups is 2. The summed E-state index contributed by atoms with van der Waals surface area (Å²) in [6.45, 7) is 0. The Hall–Kier alpha value is -4.74. The van der Waals surface area contributed by atoms with Gasteiger partial charge in [-0.25, -0.2) is 0 Å². The number of allylic oxidation sites excluding steroid dienone is 2. The summed E-state index contributed by atoms with van der Waals surface area (Å²) in [6, 6.07) is 5.88. The first-order valence-electron chi connectivity index (χ1n) is 12.2. The van der Waals surface area contributed by atoms with Crippen LogP contribution < -0.4 is 10.9 Å². The Morgan fingerprint density at radius 1 is 0.579 bits per heavy atom. The molecule has 2 N–H and O–H groups in total. The average Bonchev–Trinajstić information content (AvgIpc) is 3.29. The van der Waals surface area contributed by atoms with Crippen LogP contribution >= 0.6 is 0 Å². The molecular weight excluding hydrogens is 492 g/mol. The molecule has 2 aromatic heterocycles. The van der Waals surface area contributed by atoms with E-state index >= 15 is 0 Å². The fourth-order valence-corrected chi connectivity index (χ4v) is 7.16. The first kappa shape index (κ1) is 22.5. The molecule has 12 nitrogen and oxygen atoms in total. The third-order valence-corrected chi connectivity index (χ3v) is 8.66. The fraction of sp³-hybridized carbons (Fsp3) is 0.308. The number of amides is 6. The number of carbonyl (C=O) groups is 6. The van der Waals surface area contributed by atoms with Crippen molar-refractivity contribution in [3.63, 3.8) is 0 Å². The molecule has 38 heavy (non-hydrogen) atoms. The van der Waals surface area contributed by atoms with Crippen molar-refractivity contribution >= 4 is 35.4 Å². The molecule has 4 aliphatic carbocycles. The third-order valence-electron chi connectivity index (χ3n) is 8.66. The Morgan fingerprint density at radius 3 is 1.29 bits per heavy atom. The van der Waals surface area contributed by atoms with Crippen molar-refractivity contribution in [2.24, 2.45) is 47.3 Å². The maximum Gasteiger partial charge on any atom is 0.270 e. The molecule has 190 valence electrons. The second kappa shape index (κ2) is 7.88. The van der Waals surface area contributed by atoms with E-state index in [1.54, 1.807) is 0 Å². The molecule has 2 aliphatic heterocycles. The normalized spacial score (nSPS) is 34.0. The minimum absolute atomic E-state index is 0.247. The smallest absolute Gasteiger partial charge is 0.270 e. The summed E-state index contributed by atoms with van der Waals surface area (Å²) in [6.07, 6.45) is 9.44. The minimum Gasteiger partial charge on any atom is -0.272 e. The van der Waals surface area contributed by atoms with E-state index in [4.69, 9.17) is 0 Å². The highest BCUT2D eigenvalue weighted by atomic mass is 16.2. The number of hydrogen-bond donors (Lipinski definition) is 2. The lowest BCUT2D eigenvalue weighted by molar-refractivity contribution is -0.166. The van der Waals surface area contributed by atoms with E-state index < -0.39 is 71.0 Å². The quantitative estimate of drug-likeness (QED) is 0.419. The largest absolute Gasteiger partial charge is 0.272 e. The van der Waals surface area contributed by atoms with Gasteiger partial charge in [0.25, 0.3) is 35.4 Å². The first-order chi connectivity index (χ1) is 18.4. The van der Waals surface area contributed by atoms with Crippen molar-refractivity contribution in [3.05, 3.63) is 72.3 Å². The predicted octanol–water partition coefficient (Wildman–Crippen LogP) is -0.269. The van der Waals surface area contributed by atoms with Crippen LogP contribution in [0.4, 0.5) is 0 Å². The number of nitrogens with one attached hydrogen (secondary N) is 2. The van der Waals surface area contributed by atoms with Crippen LogP contribution in [0.15, 0.2) is 61.2 Å². The van der Waals surface area contributed by atoms with Crippen LogP contribution in [0.5, 0.6) is 0 Å². The van der Waals surface area contributed by atoms with E-state index in [2.05, 4.69) is 20.8 Å². The van der Waals surface area contributed by atoms with Gasteiger partial charge in [0, 0.05) is 35.9 Å². The van der Waals surface area contributed by atoms with Gasteiger partial charge in [-0.1, -0.05) is 12.2 Å². The third kappa shape index (κ3) is 2.85. The van der Waals surface area contributed by atoms with Gasteiger partial charge < -0.3 is 0 Å². The van der Waals surface area contributed by atoms with Crippen LogP contribution in [0.1, 0.15) is 20.7 Å². The monoisotopic (exact) mass is 512 g/mol. The molecule has 4 heterocycles. The molecule has 8 atom stereocenters. The second-order valence-electron chi connectivity index (χ2n) is 10.2. The number of pyridine rings is 2. The van der Waals surface area contributed by atoms with E-state index in [-0.39, 0.29) is 23.0 Å². The van der Waals surface area contributed by atoms with Gasteiger partial charge in [0.05, 0.1) is 23.7 Å². The summed E-state index contributed by atoms with van der Waals surface area (Å²) in [5, 5.41) is 1.58. The number of carbonyl (C=O) groups excluding carboxylic acids is 6. The van der Waals surface area contributed by atoms with Gasteiger partial charge in [-0.05, 0) is 47.9 Å². The first-order valence-corrected chi connectivity index (χ1v) is 12.2. The highest BCUT2D eigenvalue weighted by Crippen LogP contribution is 2.67. The van der Waals surface area contributed by atoms with Crippen LogP contribution in [0.2, 0.25) is 0 Å². The van der Waals surface area contributed by atoms with Crippen molar-refractivity contribution in [1.29, 1.82) is 0 Å². The number of nitrogens with zero attached hydrogens (tertiary/aromatic N) is 4. The van der Waals surface area contributed by atoms with Gasteiger partial charge in [0.2, 0.25) is 0 Å². The lowest BCUT2D eigenvalue weighted by atomic mass is 9.40.